The molecule has 6 nitrogen and oxygen atoms in total. The molecule has 0 fully saturated rings. The van der Waals surface area contributed by atoms with Crippen LogP contribution < -0.4 is 0 Å². The van der Waals surface area contributed by atoms with Crippen LogP contribution in [-0.2, 0) is 19.5 Å². The van der Waals surface area contributed by atoms with Crippen LogP contribution in [0.1, 0.15) is 28.9 Å². The minimum atomic E-state index is -0.480. The summed E-state index contributed by atoms with van der Waals surface area (Å²) in [7, 11) is 0. The largest absolute Gasteiger partial charge is 0.347 e. The summed E-state index contributed by atoms with van der Waals surface area (Å²) in [6, 6.07) is 14.5. The summed E-state index contributed by atoms with van der Waals surface area (Å²) in [5.41, 5.74) is 3.91. The first-order valence-corrected chi connectivity index (χ1v) is 9.63. The van der Waals surface area contributed by atoms with Crippen LogP contribution in [-0.4, -0.2) is 25.0 Å². The summed E-state index contributed by atoms with van der Waals surface area (Å²) in [5.74, 6) is 0.408. The maximum Gasteiger partial charge on any atom is 0.244 e. The number of rotatable bonds is 4. The van der Waals surface area contributed by atoms with Crippen LogP contribution in [0.25, 0.3) is 11.4 Å². The van der Waals surface area contributed by atoms with E-state index >= 15 is 0 Å². The number of nitrogens with zero attached hydrogens (tertiary/aromatic N) is 4. The Labute approximate surface area is 171 Å². The zero-order chi connectivity index (χ0) is 19.8. The van der Waals surface area contributed by atoms with Gasteiger partial charge in [0.05, 0.1) is 28.8 Å². The van der Waals surface area contributed by atoms with Gasteiger partial charge in [0.2, 0.25) is 11.7 Å². The van der Waals surface area contributed by atoms with Crippen LogP contribution in [0.4, 0.5) is 4.39 Å². The fraction of sp³-hybridized carbons (Fsp3) is 0.190. The number of benzene rings is 2. The fourth-order valence-electron chi connectivity index (χ4n) is 3.64. The van der Waals surface area contributed by atoms with Crippen molar-refractivity contribution in [3.8, 4) is 11.4 Å². The van der Waals surface area contributed by atoms with Gasteiger partial charge < -0.3 is 9.51 Å². The second-order valence-electron chi connectivity index (χ2n) is 7.02. The minimum Gasteiger partial charge on any atom is -0.347 e. The first-order chi connectivity index (χ1) is 14.2. The number of hydrogen-bond acceptors (Lipinski definition) is 5. The van der Waals surface area contributed by atoms with Crippen molar-refractivity contribution in [2.75, 3.05) is 0 Å². The average Bonchev–Trinajstić information content (AvgIpc) is 3.39. The van der Waals surface area contributed by atoms with Crippen LogP contribution in [0.3, 0.4) is 0 Å². The van der Waals surface area contributed by atoms with Crippen molar-refractivity contribution >= 4 is 11.6 Å². The van der Waals surface area contributed by atoms with Gasteiger partial charge >= 0.3 is 0 Å². The fourth-order valence-corrected chi connectivity index (χ4v) is 3.82. The lowest BCUT2D eigenvalue weighted by atomic mass is 10.0. The Morgan fingerprint density at radius 2 is 2.07 bits per heavy atom. The Hall–Kier alpha value is -3.03. The lowest BCUT2D eigenvalue weighted by molar-refractivity contribution is 0.128. The number of imidazole rings is 1. The molecular formula is C21H17ClFN5O. The molecule has 1 atom stereocenters. The first kappa shape index (κ1) is 18.0. The summed E-state index contributed by atoms with van der Waals surface area (Å²) in [6.45, 7) is 1.44. The van der Waals surface area contributed by atoms with Gasteiger partial charge in [-0.15, -0.1) is 0 Å². The molecule has 1 N–H and O–H groups in total. The predicted molar refractivity (Wildman–Crippen MR) is 105 cm³/mol. The molecule has 29 heavy (non-hydrogen) atoms. The second-order valence-corrected chi connectivity index (χ2v) is 7.43. The zero-order valence-electron chi connectivity index (χ0n) is 15.3. The second kappa shape index (κ2) is 7.42. The molecule has 4 aromatic rings. The van der Waals surface area contributed by atoms with Crippen LogP contribution in [0, 0.1) is 5.82 Å². The van der Waals surface area contributed by atoms with Crippen LogP contribution >= 0.6 is 11.6 Å². The number of nitrogens with one attached hydrogen (secondary N) is 1. The summed E-state index contributed by atoms with van der Waals surface area (Å²) in [6.07, 6.45) is 2.38. The number of halogens is 2. The van der Waals surface area contributed by atoms with Crippen LogP contribution in [0.2, 0.25) is 5.02 Å². The van der Waals surface area contributed by atoms with E-state index in [0.29, 0.717) is 30.2 Å². The number of fused-ring (bicyclic) bond motifs is 1. The molecule has 2 aromatic heterocycles. The quantitative estimate of drug-likeness (QED) is 0.535. The molecule has 0 saturated heterocycles. The molecule has 1 aliphatic heterocycles. The molecule has 0 aliphatic carbocycles. The minimum absolute atomic E-state index is 0.0263. The van der Waals surface area contributed by atoms with Crippen molar-refractivity contribution in [1.29, 1.82) is 0 Å². The van der Waals surface area contributed by atoms with Crippen molar-refractivity contribution in [1.82, 2.24) is 25.0 Å². The smallest absolute Gasteiger partial charge is 0.244 e. The van der Waals surface area contributed by atoms with Crippen molar-refractivity contribution in [3.63, 3.8) is 0 Å². The summed E-state index contributed by atoms with van der Waals surface area (Å²) < 4.78 is 19.1. The van der Waals surface area contributed by atoms with Gasteiger partial charge in [0.15, 0.2) is 0 Å². The van der Waals surface area contributed by atoms with Gasteiger partial charge in [0, 0.05) is 25.1 Å². The van der Waals surface area contributed by atoms with Gasteiger partial charge in [0.1, 0.15) is 5.82 Å². The third-order valence-corrected chi connectivity index (χ3v) is 5.42. The van der Waals surface area contributed by atoms with E-state index in [1.165, 1.54) is 17.7 Å². The summed E-state index contributed by atoms with van der Waals surface area (Å²) in [5, 5.41) is 4.12. The van der Waals surface area contributed by atoms with Crippen LogP contribution in [0.15, 0.2) is 59.4 Å². The van der Waals surface area contributed by atoms with E-state index in [2.05, 4.69) is 37.1 Å². The van der Waals surface area contributed by atoms with Crippen molar-refractivity contribution in [2.24, 2.45) is 0 Å². The standard InChI is InChI=1S/C21H17ClFN5O/c22-15-8-14(6-7-16(15)23)20-26-21(29-27-20)19-9-17-18(25-12-24-17)11-28(19)10-13-4-2-1-3-5-13/h1-8,12,19H,9-11H2,(H,24,25)/t19-/m0/s1. The molecule has 0 unspecified atom stereocenters. The van der Waals surface area contributed by atoms with Gasteiger partial charge in [-0.2, -0.15) is 4.98 Å². The van der Waals surface area contributed by atoms with Crippen molar-refractivity contribution in [2.45, 2.75) is 25.6 Å². The molecule has 8 heteroatoms. The maximum atomic E-state index is 13.5. The van der Waals surface area contributed by atoms with Crippen LogP contribution in [0.5, 0.6) is 0 Å². The highest BCUT2D eigenvalue weighted by atomic mass is 35.5. The molecule has 0 radical (unpaired) electrons. The van der Waals surface area contributed by atoms with E-state index in [9.17, 15) is 4.39 Å². The number of aromatic amines is 1. The van der Waals surface area contributed by atoms with Gasteiger partial charge in [-0.25, -0.2) is 9.37 Å². The van der Waals surface area contributed by atoms with E-state index in [1.807, 2.05) is 18.2 Å². The Morgan fingerprint density at radius 1 is 1.21 bits per heavy atom. The van der Waals surface area contributed by atoms with Crippen molar-refractivity contribution in [3.05, 3.63) is 88.5 Å². The highest BCUT2D eigenvalue weighted by molar-refractivity contribution is 6.31. The average molecular weight is 410 g/mol. The van der Waals surface area contributed by atoms with Crippen molar-refractivity contribution < 1.29 is 8.91 Å². The highest BCUT2D eigenvalue weighted by Crippen LogP contribution is 2.33. The Kier molecular flexibility index (Phi) is 4.61. The molecule has 146 valence electrons. The normalized spacial score (nSPS) is 16.7. The molecule has 3 heterocycles. The van der Waals surface area contributed by atoms with E-state index in [-0.39, 0.29) is 11.1 Å². The van der Waals surface area contributed by atoms with Gasteiger partial charge in [0.25, 0.3) is 0 Å². The summed E-state index contributed by atoms with van der Waals surface area (Å²) in [4.78, 5) is 14.5. The molecule has 0 spiro atoms. The number of aromatic nitrogens is 4. The molecular weight excluding hydrogens is 393 g/mol. The molecule has 5 rings (SSSR count). The topological polar surface area (TPSA) is 70.8 Å². The highest BCUT2D eigenvalue weighted by Gasteiger charge is 2.33. The third kappa shape index (κ3) is 3.54. The van der Waals surface area contributed by atoms with Gasteiger partial charge in [-0.05, 0) is 23.8 Å². The summed E-state index contributed by atoms with van der Waals surface area (Å²) >= 11 is 5.90. The predicted octanol–water partition coefficient (Wildman–Crippen LogP) is 4.55. The SMILES string of the molecule is Fc1ccc(-c2noc([C@@H]3Cc4nc[nH]c4CN3Cc3ccccc3)n2)cc1Cl. The maximum absolute atomic E-state index is 13.5. The monoisotopic (exact) mass is 409 g/mol. The Balaban J connectivity index is 1.47. The molecule has 0 saturated carbocycles. The lowest BCUT2D eigenvalue weighted by Crippen LogP contribution is -2.34. The number of hydrogen-bond donors (Lipinski definition) is 1. The lowest BCUT2D eigenvalue weighted by Gasteiger charge is -2.32. The third-order valence-electron chi connectivity index (χ3n) is 5.13. The first-order valence-electron chi connectivity index (χ1n) is 9.25. The molecule has 0 amide bonds. The molecule has 0 bridgehead atoms. The van der Waals surface area contributed by atoms with E-state index < -0.39 is 5.82 Å². The number of H-pyrrole nitrogens is 1. The van der Waals surface area contributed by atoms with Gasteiger partial charge in [-0.1, -0.05) is 47.1 Å². The van der Waals surface area contributed by atoms with E-state index in [0.717, 1.165) is 17.9 Å². The Morgan fingerprint density at radius 3 is 2.90 bits per heavy atom. The van der Waals surface area contributed by atoms with E-state index in [4.69, 9.17) is 16.1 Å². The Bertz CT molecular complexity index is 1140. The zero-order valence-corrected chi connectivity index (χ0v) is 16.1. The molecule has 1 aliphatic rings. The van der Waals surface area contributed by atoms with Gasteiger partial charge in [-0.3, -0.25) is 4.90 Å². The molecule has 2 aromatic carbocycles. The van der Waals surface area contributed by atoms with E-state index in [1.54, 1.807) is 12.4 Å².